The van der Waals surface area contributed by atoms with Gasteiger partial charge >= 0.3 is 5.97 Å². The van der Waals surface area contributed by atoms with Gasteiger partial charge in [0, 0.05) is 6.92 Å². The van der Waals surface area contributed by atoms with Crippen molar-refractivity contribution in [3.05, 3.63) is 18.2 Å². The Balaban J connectivity index is 0.00000324. The topological polar surface area (TPSA) is 44.3 Å². The summed E-state index contributed by atoms with van der Waals surface area (Å²) in [5, 5.41) is 0. The van der Waals surface area contributed by atoms with Crippen LogP contribution in [0.2, 0.25) is 0 Å². The Hall–Kier alpha value is -0.880. The number of ether oxygens (including phenoxy) is 2. The van der Waals surface area contributed by atoms with Gasteiger partial charge < -0.3 is 26.5 Å². The normalized spacial score (nSPS) is 11.8. The number of aromatic nitrogens is 2. The molecule has 0 N–H and O–H groups in total. The summed E-state index contributed by atoms with van der Waals surface area (Å²) in [7, 11) is 1.94. The minimum atomic E-state index is -0.234. The molecule has 1 atom stereocenters. The van der Waals surface area contributed by atoms with Crippen LogP contribution < -0.4 is 21.5 Å². The van der Waals surface area contributed by atoms with E-state index >= 15 is 0 Å². The lowest BCUT2D eigenvalue weighted by atomic mass is 10.3. The summed E-state index contributed by atoms with van der Waals surface area (Å²) < 4.78 is 14.4. The van der Waals surface area contributed by atoms with Crippen molar-refractivity contribution in [3.63, 3.8) is 0 Å². The number of halogens is 1. The van der Waals surface area contributed by atoms with E-state index in [2.05, 4.69) is 6.92 Å². The second-order valence-corrected chi connectivity index (χ2v) is 4.39. The minimum Gasteiger partial charge on any atom is -1.00 e. The van der Waals surface area contributed by atoms with E-state index in [0.717, 1.165) is 12.2 Å². The van der Waals surface area contributed by atoms with Crippen molar-refractivity contribution in [3.8, 4) is 0 Å². The van der Waals surface area contributed by atoms with Gasteiger partial charge in [-0.2, -0.15) is 0 Å². The third kappa shape index (κ3) is 6.20. The molecule has 0 aliphatic heterocycles. The highest BCUT2D eigenvalue weighted by molar-refractivity contribution is 5.69. The number of hydrogen-bond acceptors (Lipinski definition) is 3. The van der Waals surface area contributed by atoms with Crippen LogP contribution in [-0.2, 0) is 27.9 Å². The lowest BCUT2D eigenvalue weighted by Gasteiger charge is -2.10. The highest BCUT2D eigenvalue weighted by atomic mass is 79.9. The van der Waals surface area contributed by atoms with Crippen LogP contribution in [0, 0.1) is 6.92 Å². The van der Waals surface area contributed by atoms with Gasteiger partial charge in [0.1, 0.15) is 19.0 Å². The quantitative estimate of drug-likeness (QED) is 0.328. The molecule has 1 rings (SSSR count). The first-order valence-electron chi connectivity index (χ1n) is 6.33. The first kappa shape index (κ1) is 18.1. The Labute approximate surface area is 125 Å². The van der Waals surface area contributed by atoms with Gasteiger partial charge in [-0.05, 0) is 13.3 Å². The monoisotopic (exact) mass is 334 g/mol. The summed E-state index contributed by atoms with van der Waals surface area (Å²) in [5.74, 6) is 0.782. The fourth-order valence-corrected chi connectivity index (χ4v) is 1.47. The Bertz CT molecular complexity index is 393. The fraction of sp³-hybridized carbons (Fsp3) is 0.692. The van der Waals surface area contributed by atoms with Crippen molar-refractivity contribution < 1.29 is 35.8 Å². The van der Waals surface area contributed by atoms with Gasteiger partial charge in [0.2, 0.25) is 0 Å². The molecule has 0 saturated carbocycles. The third-order valence-electron chi connectivity index (χ3n) is 3.02. The maximum atomic E-state index is 11.6. The van der Waals surface area contributed by atoms with Gasteiger partial charge in [-0.3, -0.25) is 0 Å². The molecule has 5 nitrogen and oxygen atoms in total. The van der Waals surface area contributed by atoms with E-state index in [1.54, 1.807) is 0 Å². The van der Waals surface area contributed by atoms with Gasteiger partial charge in [0.25, 0.3) is 5.82 Å². The van der Waals surface area contributed by atoms with Crippen LogP contribution in [0.5, 0.6) is 0 Å². The van der Waals surface area contributed by atoms with E-state index in [1.807, 2.05) is 42.4 Å². The fourth-order valence-electron chi connectivity index (χ4n) is 1.47. The summed E-state index contributed by atoms with van der Waals surface area (Å²) in [6.07, 6.45) is 4.96. The van der Waals surface area contributed by atoms with Crippen LogP contribution in [0.15, 0.2) is 12.4 Å². The standard InChI is InChI=1S/C13H23N2O3.BrH/c1-5-11(2)17-8-9-18-13(16)10-15-7-6-14(4)12(15)3;/h6-7,11H,5,8-10H2,1-4H3;1H/q+1;/p-1. The summed E-state index contributed by atoms with van der Waals surface area (Å²) in [6.45, 7) is 7.04. The minimum absolute atomic E-state index is 0. The maximum Gasteiger partial charge on any atom is 0.348 e. The second-order valence-electron chi connectivity index (χ2n) is 4.39. The largest absolute Gasteiger partial charge is 1.00 e. The molecule has 0 saturated heterocycles. The molecule has 6 heteroatoms. The van der Waals surface area contributed by atoms with Crippen LogP contribution in [0.1, 0.15) is 26.1 Å². The molecule has 0 bridgehead atoms. The summed E-state index contributed by atoms with van der Waals surface area (Å²) in [5.41, 5.74) is 0. The molecule has 1 heterocycles. The Morgan fingerprint density at radius 2 is 2.16 bits per heavy atom. The average Bonchev–Trinajstić information content (AvgIpc) is 2.66. The molecule has 110 valence electrons. The van der Waals surface area contributed by atoms with Crippen molar-refractivity contribution in [1.82, 2.24) is 4.57 Å². The lowest BCUT2D eigenvalue weighted by molar-refractivity contribution is -0.677. The van der Waals surface area contributed by atoms with Crippen LogP contribution in [-0.4, -0.2) is 29.9 Å². The maximum absolute atomic E-state index is 11.6. The Morgan fingerprint density at radius 1 is 1.47 bits per heavy atom. The molecular formula is C13H23BrN2O3. The van der Waals surface area contributed by atoms with E-state index in [1.165, 1.54) is 0 Å². The molecule has 0 spiro atoms. The van der Waals surface area contributed by atoms with Crippen molar-refractivity contribution in [2.45, 2.75) is 39.8 Å². The van der Waals surface area contributed by atoms with Gasteiger partial charge in [-0.1, -0.05) is 6.92 Å². The van der Waals surface area contributed by atoms with E-state index in [0.29, 0.717) is 13.2 Å². The summed E-state index contributed by atoms with van der Waals surface area (Å²) in [4.78, 5) is 11.6. The molecule has 0 aliphatic carbocycles. The van der Waals surface area contributed by atoms with Gasteiger partial charge in [-0.15, -0.1) is 0 Å². The predicted octanol–water partition coefficient (Wildman–Crippen LogP) is -2.02. The Kier molecular flexibility index (Phi) is 8.67. The Morgan fingerprint density at radius 3 is 2.68 bits per heavy atom. The number of nitrogens with zero attached hydrogens (tertiary/aromatic N) is 2. The molecule has 1 aromatic heterocycles. The zero-order valence-corrected chi connectivity index (χ0v) is 13.6. The molecule has 19 heavy (non-hydrogen) atoms. The molecule has 0 aliphatic rings. The first-order valence-corrected chi connectivity index (χ1v) is 6.33. The van der Waals surface area contributed by atoms with Crippen molar-refractivity contribution in [2.24, 2.45) is 7.05 Å². The van der Waals surface area contributed by atoms with Crippen LogP contribution in [0.3, 0.4) is 0 Å². The molecule has 1 unspecified atom stereocenters. The molecule has 0 radical (unpaired) electrons. The average molecular weight is 335 g/mol. The van der Waals surface area contributed by atoms with Gasteiger partial charge in [-0.25, -0.2) is 13.9 Å². The number of imidazole rings is 1. The van der Waals surface area contributed by atoms with E-state index in [4.69, 9.17) is 9.47 Å². The SMILES string of the molecule is CCC(C)OCCOC(=O)Cn1cc[n+](C)c1C.[Br-]. The number of aryl methyl sites for hydroxylation is 1. The smallest absolute Gasteiger partial charge is 0.348 e. The van der Waals surface area contributed by atoms with E-state index in [-0.39, 0.29) is 35.6 Å². The van der Waals surface area contributed by atoms with Gasteiger partial charge in [0.05, 0.1) is 19.8 Å². The summed E-state index contributed by atoms with van der Waals surface area (Å²) in [6, 6.07) is 0. The predicted molar refractivity (Wildman–Crippen MR) is 67.0 cm³/mol. The first-order chi connectivity index (χ1) is 8.54. The zero-order valence-electron chi connectivity index (χ0n) is 12.1. The van der Waals surface area contributed by atoms with Crippen molar-refractivity contribution >= 4 is 5.97 Å². The van der Waals surface area contributed by atoms with Crippen LogP contribution in [0.4, 0.5) is 0 Å². The van der Waals surface area contributed by atoms with Crippen molar-refractivity contribution in [2.75, 3.05) is 13.2 Å². The molecule has 1 aromatic rings. The number of esters is 1. The molecule has 0 aromatic carbocycles. The number of carbonyl (C=O) groups is 1. The molecule has 0 amide bonds. The van der Waals surface area contributed by atoms with E-state index < -0.39 is 0 Å². The van der Waals surface area contributed by atoms with Crippen LogP contribution in [0.25, 0.3) is 0 Å². The summed E-state index contributed by atoms with van der Waals surface area (Å²) >= 11 is 0. The van der Waals surface area contributed by atoms with Crippen LogP contribution >= 0.6 is 0 Å². The highest BCUT2D eigenvalue weighted by Gasteiger charge is 2.13. The van der Waals surface area contributed by atoms with Crippen molar-refractivity contribution in [1.29, 1.82) is 0 Å². The molecular weight excluding hydrogens is 312 g/mol. The number of hydrogen-bond donors (Lipinski definition) is 0. The number of rotatable bonds is 7. The lowest BCUT2D eigenvalue weighted by Crippen LogP contribution is -3.00. The molecule has 0 fully saturated rings. The number of carbonyl (C=O) groups excluding carboxylic acids is 1. The zero-order chi connectivity index (χ0) is 13.5. The highest BCUT2D eigenvalue weighted by Crippen LogP contribution is 1.97. The van der Waals surface area contributed by atoms with E-state index in [9.17, 15) is 4.79 Å². The van der Waals surface area contributed by atoms with Gasteiger partial charge in [0.15, 0.2) is 6.54 Å². The second kappa shape index (κ2) is 9.09. The third-order valence-corrected chi connectivity index (χ3v) is 3.02.